The van der Waals surface area contributed by atoms with Crippen LogP contribution < -0.4 is 0 Å². The average molecular weight is 266 g/mol. The van der Waals surface area contributed by atoms with Crippen LogP contribution >= 0.6 is 11.8 Å². The summed E-state index contributed by atoms with van der Waals surface area (Å²) in [7, 11) is 1.98. The summed E-state index contributed by atoms with van der Waals surface area (Å²) < 4.78 is 1.93. The molecule has 94 valence electrons. The minimum absolute atomic E-state index is 1.02. The van der Waals surface area contributed by atoms with E-state index in [1.165, 1.54) is 4.90 Å². The molecule has 0 saturated carbocycles. The third kappa shape index (κ3) is 2.71. The summed E-state index contributed by atoms with van der Waals surface area (Å²) in [6.07, 6.45) is 0. The SMILES string of the molecule is Cn1nc(-c2ccccc2)cc1Sc1ccccc1. The fourth-order valence-corrected chi connectivity index (χ4v) is 2.78. The molecule has 1 aromatic heterocycles. The third-order valence-corrected chi connectivity index (χ3v) is 3.97. The highest BCUT2D eigenvalue weighted by Crippen LogP contribution is 2.30. The molecule has 19 heavy (non-hydrogen) atoms. The van der Waals surface area contributed by atoms with Crippen molar-refractivity contribution in [2.24, 2.45) is 7.05 Å². The Morgan fingerprint density at radius 2 is 1.53 bits per heavy atom. The van der Waals surface area contributed by atoms with Gasteiger partial charge in [-0.05, 0) is 18.2 Å². The van der Waals surface area contributed by atoms with E-state index in [2.05, 4.69) is 47.6 Å². The summed E-state index contributed by atoms with van der Waals surface area (Å²) in [5.41, 5.74) is 2.17. The molecule has 0 aliphatic carbocycles. The van der Waals surface area contributed by atoms with Crippen LogP contribution in [0.2, 0.25) is 0 Å². The Bertz CT molecular complexity index is 660. The zero-order valence-corrected chi connectivity index (χ0v) is 11.5. The third-order valence-electron chi connectivity index (χ3n) is 2.87. The van der Waals surface area contributed by atoms with E-state index in [4.69, 9.17) is 0 Å². The van der Waals surface area contributed by atoms with E-state index in [9.17, 15) is 0 Å². The fourth-order valence-electron chi connectivity index (χ4n) is 1.90. The van der Waals surface area contributed by atoms with Gasteiger partial charge in [-0.3, -0.25) is 4.68 Å². The van der Waals surface area contributed by atoms with Gasteiger partial charge in [0.2, 0.25) is 0 Å². The number of nitrogens with zero attached hydrogens (tertiary/aromatic N) is 2. The lowest BCUT2D eigenvalue weighted by molar-refractivity contribution is 0.701. The Hall–Kier alpha value is -2.00. The maximum absolute atomic E-state index is 4.57. The van der Waals surface area contributed by atoms with Gasteiger partial charge in [0.05, 0.1) is 10.7 Å². The van der Waals surface area contributed by atoms with Gasteiger partial charge in [0.25, 0.3) is 0 Å². The largest absolute Gasteiger partial charge is 0.261 e. The number of aryl methyl sites for hydroxylation is 1. The lowest BCUT2D eigenvalue weighted by atomic mass is 10.2. The van der Waals surface area contributed by atoms with Crippen LogP contribution in [0.15, 0.2) is 76.7 Å². The topological polar surface area (TPSA) is 17.8 Å². The van der Waals surface area contributed by atoms with Crippen molar-refractivity contribution in [1.29, 1.82) is 0 Å². The van der Waals surface area contributed by atoms with Crippen molar-refractivity contribution >= 4 is 11.8 Å². The molecule has 0 saturated heterocycles. The molecule has 0 atom stereocenters. The number of hydrogen-bond acceptors (Lipinski definition) is 2. The molecule has 0 spiro atoms. The molecule has 3 rings (SSSR count). The summed E-state index contributed by atoms with van der Waals surface area (Å²) in [6.45, 7) is 0. The van der Waals surface area contributed by atoms with Gasteiger partial charge in [-0.15, -0.1) is 0 Å². The first-order valence-corrected chi connectivity index (χ1v) is 6.97. The van der Waals surface area contributed by atoms with Crippen LogP contribution in [0.4, 0.5) is 0 Å². The second-order valence-corrected chi connectivity index (χ2v) is 5.37. The Morgan fingerprint density at radius 3 is 2.21 bits per heavy atom. The zero-order chi connectivity index (χ0) is 13.1. The van der Waals surface area contributed by atoms with Gasteiger partial charge >= 0.3 is 0 Å². The van der Waals surface area contributed by atoms with E-state index in [-0.39, 0.29) is 0 Å². The van der Waals surface area contributed by atoms with Gasteiger partial charge in [0.15, 0.2) is 0 Å². The Morgan fingerprint density at radius 1 is 0.895 bits per heavy atom. The normalized spacial score (nSPS) is 10.6. The van der Waals surface area contributed by atoms with Gasteiger partial charge in [-0.25, -0.2) is 0 Å². The molecule has 3 aromatic rings. The van der Waals surface area contributed by atoms with Crippen molar-refractivity contribution in [1.82, 2.24) is 9.78 Å². The molecule has 3 heteroatoms. The molecule has 0 radical (unpaired) electrons. The summed E-state index contributed by atoms with van der Waals surface area (Å²) in [5.74, 6) is 0. The van der Waals surface area contributed by atoms with Crippen molar-refractivity contribution in [3.05, 3.63) is 66.7 Å². The van der Waals surface area contributed by atoms with E-state index in [1.54, 1.807) is 11.8 Å². The summed E-state index contributed by atoms with van der Waals surface area (Å²) in [5, 5.41) is 5.72. The second-order valence-electron chi connectivity index (χ2n) is 4.27. The first-order chi connectivity index (χ1) is 9.33. The van der Waals surface area contributed by atoms with Gasteiger partial charge in [0.1, 0.15) is 0 Å². The number of benzene rings is 2. The van der Waals surface area contributed by atoms with Crippen LogP contribution in [0, 0.1) is 0 Å². The molecule has 0 aliphatic rings. The summed E-state index contributed by atoms with van der Waals surface area (Å²) >= 11 is 1.73. The van der Waals surface area contributed by atoms with E-state index in [1.807, 2.05) is 36.0 Å². The highest BCUT2D eigenvalue weighted by molar-refractivity contribution is 7.99. The highest BCUT2D eigenvalue weighted by Gasteiger charge is 2.08. The van der Waals surface area contributed by atoms with Gasteiger partial charge in [0, 0.05) is 17.5 Å². The summed E-state index contributed by atoms with van der Waals surface area (Å²) in [4.78, 5) is 1.23. The lowest BCUT2D eigenvalue weighted by Crippen LogP contribution is -1.92. The van der Waals surface area contributed by atoms with E-state index < -0.39 is 0 Å². The van der Waals surface area contributed by atoms with E-state index in [0.717, 1.165) is 16.3 Å². The molecule has 0 unspecified atom stereocenters. The van der Waals surface area contributed by atoms with Crippen molar-refractivity contribution in [2.45, 2.75) is 9.92 Å². The molecule has 2 aromatic carbocycles. The molecule has 2 nitrogen and oxygen atoms in total. The predicted molar refractivity (Wildman–Crippen MR) is 79.2 cm³/mol. The van der Waals surface area contributed by atoms with Crippen LogP contribution in [0.1, 0.15) is 0 Å². The first kappa shape index (κ1) is 12.1. The molecular formula is C16H14N2S. The maximum atomic E-state index is 4.57. The van der Waals surface area contributed by atoms with Crippen LogP contribution in [0.3, 0.4) is 0 Å². The Kier molecular flexibility index (Phi) is 3.38. The first-order valence-electron chi connectivity index (χ1n) is 6.15. The Labute approximate surface area is 117 Å². The monoisotopic (exact) mass is 266 g/mol. The van der Waals surface area contributed by atoms with Crippen molar-refractivity contribution in [2.75, 3.05) is 0 Å². The van der Waals surface area contributed by atoms with Crippen molar-refractivity contribution < 1.29 is 0 Å². The van der Waals surface area contributed by atoms with Crippen LogP contribution in [0.25, 0.3) is 11.3 Å². The second kappa shape index (κ2) is 5.33. The number of rotatable bonds is 3. The van der Waals surface area contributed by atoms with Gasteiger partial charge in [-0.1, -0.05) is 60.3 Å². The minimum atomic E-state index is 1.02. The smallest absolute Gasteiger partial charge is 0.0990 e. The molecule has 0 N–H and O–H groups in total. The van der Waals surface area contributed by atoms with Crippen LogP contribution in [0.5, 0.6) is 0 Å². The molecule has 1 heterocycles. The fraction of sp³-hybridized carbons (Fsp3) is 0.0625. The van der Waals surface area contributed by atoms with Gasteiger partial charge in [-0.2, -0.15) is 5.10 Å². The van der Waals surface area contributed by atoms with Crippen LogP contribution in [-0.2, 0) is 7.05 Å². The molecular weight excluding hydrogens is 252 g/mol. The quantitative estimate of drug-likeness (QED) is 0.705. The zero-order valence-electron chi connectivity index (χ0n) is 10.7. The van der Waals surface area contributed by atoms with Crippen LogP contribution in [-0.4, -0.2) is 9.78 Å². The van der Waals surface area contributed by atoms with E-state index >= 15 is 0 Å². The minimum Gasteiger partial charge on any atom is -0.261 e. The summed E-state index contributed by atoms with van der Waals surface area (Å²) in [6, 6.07) is 22.7. The average Bonchev–Trinajstić information content (AvgIpc) is 2.82. The highest BCUT2D eigenvalue weighted by atomic mass is 32.2. The van der Waals surface area contributed by atoms with Gasteiger partial charge < -0.3 is 0 Å². The lowest BCUT2D eigenvalue weighted by Gasteiger charge is -2.00. The molecule has 0 bridgehead atoms. The number of aromatic nitrogens is 2. The molecule has 0 fully saturated rings. The van der Waals surface area contributed by atoms with E-state index in [0.29, 0.717) is 0 Å². The van der Waals surface area contributed by atoms with Crippen molar-refractivity contribution in [3.63, 3.8) is 0 Å². The number of hydrogen-bond donors (Lipinski definition) is 0. The molecule has 0 amide bonds. The maximum Gasteiger partial charge on any atom is 0.0990 e. The standard InChI is InChI=1S/C16H14N2S/c1-18-16(19-14-10-6-3-7-11-14)12-15(17-18)13-8-4-2-5-9-13/h2-12H,1H3. The molecule has 0 aliphatic heterocycles. The predicted octanol–water partition coefficient (Wildman–Crippen LogP) is 4.24. The Balaban J connectivity index is 1.90. The van der Waals surface area contributed by atoms with Crippen molar-refractivity contribution in [3.8, 4) is 11.3 Å².